The monoisotopic (exact) mass is 352 g/mol. The van der Waals surface area contributed by atoms with Crippen molar-refractivity contribution in [2.75, 3.05) is 40.4 Å². The van der Waals surface area contributed by atoms with Gasteiger partial charge in [0.1, 0.15) is 17.2 Å². The highest BCUT2D eigenvalue weighted by molar-refractivity contribution is 5.85. The van der Waals surface area contributed by atoms with Crippen molar-refractivity contribution in [3.63, 3.8) is 0 Å². The zero-order valence-corrected chi connectivity index (χ0v) is 14.9. The van der Waals surface area contributed by atoms with E-state index >= 15 is 0 Å². The van der Waals surface area contributed by atoms with Crippen LogP contribution in [0.5, 0.6) is 17.2 Å². The smallest absolute Gasteiger partial charge is 0.131 e. The van der Waals surface area contributed by atoms with Crippen LogP contribution in [0.1, 0.15) is 24.9 Å². The summed E-state index contributed by atoms with van der Waals surface area (Å²) >= 11 is 0. The molecule has 1 heterocycles. The summed E-state index contributed by atoms with van der Waals surface area (Å²) in [6.07, 6.45) is 0.970. The highest BCUT2D eigenvalue weighted by Crippen LogP contribution is 2.41. The lowest BCUT2D eigenvalue weighted by atomic mass is 9.99. The van der Waals surface area contributed by atoms with Crippen molar-refractivity contribution < 1.29 is 14.6 Å². The maximum atomic E-state index is 9.76. The molecule has 22 heavy (non-hydrogen) atoms. The molecule has 0 aliphatic carbocycles. The van der Waals surface area contributed by atoms with E-state index in [2.05, 4.69) is 17.1 Å². The fourth-order valence-electron chi connectivity index (χ4n) is 2.89. The number of piperazine rings is 1. The highest BCUT2D eigenvalue weighted by atomic mass is 35.5. The third kappa shape index (κ3) is 4.56. The Morgan fingerprint density at radius 1 is 1.14 bits per heavy atom. The van der Waals surface area contributed by atoms with Gasteiger partial charge in [0.05, 0.1) is 19.8 Å². The Morgan fingerprint density at radius 3 is 2.05 bits per heavy atom. The van der Waals surface area contributed by atoms with Gasteiger partial charge in [0.2, 0.25) is 0 Å². The first-order chi connectivity index (χ1) is 9.71. The first-order valence-electron chi connectivity index (χ1n) is 7.10. The number of benzene rings is 1. The number of ether oxygens (including phenoxy) is 2. The topological polar surface area (TPSA) is 54.0 Å². The standard InChI is InChI=1S/C15H24N2O3.2ClH/c1-4-12(17-7-5-16-6-8-17)15-13(19-2)9-11(18)10-14(15)20-3;;/h9-10,12,16,18H,4-8H2,1-3H3;2*1H/t12-;;/m1../s1. The van der Waals surface area contributed by atoms with E-state index in [1.165, 1.54) is 0 Å². The number of hydrogen-bond donors (Lipinski definition) is 2. The number of nitrogens with one attached hydrogen (secondary N) is 1. The number of halogens is 2. The van der Waals surface area contributed by atoms with Crippen molar-refractivity contribution in [2.24, 2.45) is 0 Å². The lowest BCUT2D eigenvalue weighted by molar-refractivity contribution is 0.163. The average Bonchev–Trinajstić information content (AvgIpc) is 2.49. The number of aromatic hydroxyl groups is 1. The van der Waals surface area contributed by atoms with Crippen LogP contribution in [0.3, 0.4) is 0 Å². The van der Waals surface area contributed by atoms with Crippen LogP contribution in [0.15, 0.2) is 12.1 Å². The number of phenolic OH excluding ortho intramolecular Hbond substituents is 1. The second-order valence-electron chi connectivity index (χ2n) is 4.97. The molecule has 1 aliphatic rings. The number of methoxy groups -OCH3 is 2. The van der Waals surface area contributed by atoms with Crippen LogP contribution in [-0.2, 0) is 0 Å². The molecular formula is C15H26Cl2N2O3. The van der Waals surface area contributed by atoms with Crippen LogP contribution in [0, 0.1) is 0 Å². The van der Waals surface area contributed by atoms with Crippen LogP contribution in [-0.4, -0.2) is 50.4 Å². The zero-order chi connectivity index (χ0) is 14.5. The molecule has 0 aromatic heterocycles. The molecule has 1 atom stereocenters. The summed E-state index contributed by atoms with van der Waals surface area (Å²) in [6.45, 7) is 6.17. The Labute approximate surface area is 144 Å². The predicted octanol–water partition coefficient (Wildman–Crippen LogP) is 2.61. The van der Waals surface area contributed by atoms with E-state index in [1.54, 1.807) is 26.4 Å². The second-order valence-corrected chi connectivity index (χ2v) is 4.97. The van der Waals surface area contributed by atoms with E-state index < -0.39 is 0 Å². The van der Waals surface area contributed by atoms with Gasteiger partial charge in [0, 0.05) is 44.4 Å². The van der Waals surface area contributed by atoms with Gasteiger partial charge >= 0.3 is 0 Å². The SMILES string of the molecule is CC[C@H](c1c(OC)cc(O)cc1OC)N1CCNCC1.Cl.Cl. The molecule has 5 nitrogen and oxygen atoms in total. The summed E-state index contributed by atoms with van der Waals surface area (Å²) in [5, 5.41) is 13.1. The summed E-state index contributed by atoms with van der Waals surface area (Å²) in [4.78, 5) is 2.44. The minimum atomic E-state index is 0. The van der Waals surface area contributed by atoms with E-state index in [0.717, 1.165) is 38.2 Å². The number of phenols is 1. The molecule has 1 aliphatic heterocycles. The molecular weight excluding hydrogens is 327 g/mol. The number of nitrogens with zero attached hydrogens (tertiary/aromatic N) is 1. The summed E-state index contributed by atoms with van der Waals surface area (Å²) in [5.74, 6) is 1.54. The molecule has 1 fully saturated rings. The van der Waals surface area contributed by atoms with E-state index in [9.17, 15) is 5.11 Å². The number of rotatable bonds is 5. The van der Waals surface area contributed by atoms with Gasteiger partial charge in [-0.15, -0.1) is 24.8 Å². The molecule has 0 spiro atoms. The Hall–Kier alpha value is -0.880. The van der Waals surface area contributed by atoms with Gasteiger partial charge in [0.15, 0.2) is 0 Å². The Bertz CT molecular complexity index is 429. The first-order valence-corrected chi connectivity index (χ1v) is 7.10. The molecule has 0 saturated carbocycles. The second kappa shape index (κ2) is 10.0. The lowest BCUT2D eigenvalue weighted by Gasteiger charge is -2.35. The van der Waals surface area contributed by atoms with Gasteiger partial charge < -0.3 is 19.9 Å². The van der Waals surface area contributed by atoms with Gasteiger partial charge in [-0.1, -0.05) is 6.92 Å². The van der Waals surface area contributed by atoms with Gasteiger partial charge in [-0.3, -0.25) is 4.90 Å². The van der Waals surface area contributed by atoms with Crippen molar-refractivity contribution in [1.82, 2.24) is 10.2 Å². The van der Waals surface area contributed by atoms with Crippen LogP contribution in [0.2, 0.25) is 0 Å². The van der Waals surface area contributed by atoms with Crippen molar-refractivity contribution in [1.29, 1.82) is 0 Å². The quantitative estimate of drug-likeness (QED) is 0.852. The number of hydrogen-bond acceptors (Lipinski definition) is 5. The normalized spacial score (nSPS) is 16.1. The summed E-state index contributed by atoms with van der Waals surface area (Å²) < 4.78 is 10.9. The minimum absolute atomic E-state index is 0. The molecule has 1 aromatic carbocycles. The molecule has 0 unspecified atom stereocenters. The maximum Gasteiger partial charge on any atom is 0.131 e. The first kappa shape index (κ1) is 21.1. The minimum Gasteiger partial charge on any atom is -0.508 e. The van der Waals surface area contributed by atoms with Crippen LogP contribution >= 0.6 is 24.8 Å². The Kier molecular flexibility index (Phi) is 9.60. The molecule has 2 N–H and O–H groups in total. The maximum absolute atomic E-state index is 9.76. The predicted molar refractivity (Wildman–Crippen MR) is 93.2 cm³/mol. The van der Waals surface area contributed by atoms with Crippen LogP contribution in [0.4, 0.5) is 0 Å². The fourth-order valence-corrected chi connectivity index (χ4v) is 2.89. The summed E-state index contributed by atoms with van der Waals surface area (Å²) in [7, 11) is 3.25. The van der Waals surface area contributed by atoms with E-state index in [-0.39, 0.29) is 36.6 Å². The zero-order valence-electron chi connectivity index (χ0n) is 13.3. The van der Waals surface area contributed by atoms with E-state index in [4.69, 9.17) is 9.47 Å². The van der Waals surface area contributed by atoms with E-state index in [0.29, 0.717) is 11.5 Å². The molecule has 0 amide bonds. The van der Waals surface area contributed by atoms with Crippen LogP contribution < -0.4 is 14.8 Å². The molecule has 0 radical (unpaired) electrons. The van der Waals surface area contributed by atoms with Crippen molar-refractivity contribution in [2.45, 2.75) is 19.4 Å². The van der Waals surface area contributed by atoms with Gasteiger partial charge in [-0.25, -0.2) is 0 Å². The van der Waals surface area contributed by atoms with Gasteiger partial charge in [0.25, 0.3) is 0 Å². The lowest BCUT2D eigenvalue weighted by Crippen LogP contribution is -2.45. The molecule has 1 aromatic rings. The van der Waals surface area contributed by atoms with Crippen molar-refractivity contribution in [3.8, 4) is 17.2 Å². The van der Waals surface area contributed by atoms with Crippen molar-refractivity contribution >= 4 is 24.8 Å². The Morgan fingerprint density at radius 2 is 1.64 bits per heavy atom. The van der Waals surface area contributed by atoms with Crippen LogP contribution in [0.25, 0.3) is 0 Å². The fraction of sp³-hybridized carbons (Fsp3) is 0.600. The van der Waals surface area contributed by atoms with Gasteiger partial charge in [-0.2, -0.15) is 0 Å². The van der Waals surface area contributed by atoms with Gasteiger partial charge in [-0.05, 0) is 6.42 Å². The highest BCUT2D eigenvalue weighted by Gasteiger charge is 2.27. The molecule has 7 heteroatoms. The molecule has 1 saturated heterocycles. The summed E-state index contributed by atoms with van der Waals surface area (Å²) in [5.41, 5.74) is 1.03. The largest absolute Gasteiger partial charge is 0.508 e. The average molecular weight is 353 g/mol. The summed E-state index contributed by atoms with van der Waals surface area (Å²) in [6, 6.07) is 3.55. The third-order valence-electron chi connectivity index (χ3n) is 3.84. The molecule has 2 rings (SSSR count). The van der Waals surface area contributed by atoms with E-state index in [1.807, 2.05) is 0 Å². The molecule has 128 valence electrons. The van der Waals surface area contributed by atoms with Crippen molar-refractivity contribution in [3.05, 3.63) is 17.7 Å². The Balaban J connectivity index is 0.00000220. The third-order valence-corrected chi connectivity index (χ3v) is 3.84. The molecule has 0 bridgehead atoms.